The molecule has 0 radical (unpaired) electrons. The minimum absolute atomic E-state index is 0.0129. The molecule has 2 fully saturated rings. The number of carbonyl (C=O) groups is 1. The first-order valence-electron chi connectivity index (χ1n) is 5.81. The largest absolute Gasteiger partial charge is 0.392 e. The molecule has 1 amide bonds. The van der Waals surface area contributed by atoms with Gasteiger partial charge in [0.05, 0.1) is 10.4 Å². The van der Waals surface area contributed by atoms with Crippen molar-refractivity contribution in [2.75, 3.05) is 19.8 Å². The highest BCUT2D eigenvalue weighted by Gasteiger charge is 2.52. The Morgan fingerprint density at radius 2 is 2.31 bits per heavy atom. The van der Waals surface area contributed by atoms with Crippen molar-refractivity contribution in [1.82, 2.24) is 5.32 Å². The van der Waals surface area contributed by atoms with Crippen molar-refractivity contribution in [2.45, 2.75) is 25.7 Å². The molecular weight excluding hydrogens is 224 g/mol. The van der Waals surface area contributed by atoms with E-state index in [4.69, 9.17) is 22.7 Å². The van der Waals surface area contributed by atoms with Crippen LogP contribution in [0.25, 0.3) is 0 Å². The monoisotopic (exact) mass is 242 g/mol. The van der Waals surface area contributed by atoms with E-state index in [2.05, 4.69) is 5.32 Å². The van der Waals surface area contributed by atoms with Gasteiger partial charge in [-0.1, -0.05) is 12.2 Å². The number of hydrogen-bond donors (Lipinski definition) is 2. The predicted octanol–water partition coefficient (Wildman–Crippen LogP) is 0.595. The summed E-state index contributed by atoms with van der Waals surface area (Å²) in [5, 5.41) is 2.93. The topological polar surface area (TPSA) is 64.4 Å². The molecule has 2 aliphatic rings. The molecule has 2 rings (SSSR count). The minimum atomic E-state index is -0.512. The molecule has 0 spiro atoms. The maximum Gasteiger partial charge on any atom is 0.233 e. The molecule has 0 bridgehead atoms. The summed E-state index contributed by atoms with van der Waals surface area (Å²) in [6, 6.07) is 0. The molecule has 1 unspecified atom stereocenters. The fraction of sp³-hybridized carbons (Fsp3) is 0.818. The Balaban J connectivity index is 1.70. The third-order valence-electron chi connectivity index (χ3n) is 3.52. The van der Waals surface area contributed by atoms with Crippen LogP contribution in [0.3, 0.4) is 0 Å². The third-order valence-corrected chi connectivity index (χ3v) is 3.91. The summed E-state index contributed by atoms with van der Waals surface area (Å²) in [5.74, 6) is 0.610. The van der Waals surface area contributed by atoms with Gasteiger partial charge in [0.1, 0.15) is 0 Å². The molecule has 3 N–H and O–H groups in total. The summed E-state index contributed by atoms with van der Waals surface area (Å²) in [4.78, 5) is 12.2. The van der Waals surface area contributed by atoms with Crippen LogP contribution in [0.2, 0.25) is 0 Å². The Morgan fingerprint density at radius 3 is 2.81 bits per heavy atom. The molecular formula is C11H18N2O2S. The van der Waals surface area contributed by atoms with Gasteiger partial charge in [0.2, 0.25) is 5.91 Å². The Labute approximate surface area is 101 Å². The Hall–Kier alpha value is -0.680. The van der Waals surface area contributed by atoms with Gasteiger partial charge in [0.25, 0.3) is 0 Å². The summed E-state index contributed by atoms with van der Waals surface area (Å²) < 4.78 is 5.28. The summed E-state index contributed by atoms with van der Waals surface area (Å²) in [6.45, 7) is 2.39. The molecule has 1 saturated heterocycles. The first-order chi connectivity index (χ1) is 7.65. The third kappa shape index (κ3) is 2.35. The average molecular weight is 242 g/mol. The summed E-state index contributed by atoms with van der Waals surface area (Å²) in [7, 11) is 0. The second-order valence-corrected chi connectivity index (χ2v) is 5.16. The first-order valence-corrected chi connectivity index (χ1v) is 6.22. The Bertz CT molecular complexity index is 296. The number of ether oxygens (including phenoxy) is 1. The van der Waals surface area contributed by atoms with E-state index in [1.807, 2.05) is 0 Å². The lowest BCUT2D eigenvalue weighted by Gasteiger charge is -2.14. The average Bonchev–Trinajstić information content (AvgIpc) is 2.92. The van der Waals surface area contributed by atoms with Gasteiger partial charge in [-0.3, -0.25) is 4.79 Å². The van der Waals surface area contributed by atoms with Gasteiger partial charge in [-0.2, -0.15) is 0 Å². The van der Waals surface area contributed by atoms with Gasteiger partial charge in [-0.25, -0.2) is 0 Å². The fourth-order valence-corrected chi connectivity index (χ4v) is 2.38. The molecule has 90 valence electrons. The summed E-state index contributed by atoms with van der Waals surface area (Å²) in [6.07, 6.45) is 3.71. The molecule has 1 atom stereocenters. The second-order valence-electron chi connectivity index (χ2n) is 4.72. The molecule has 1 saturated carbocycles. The Morgan fingerprint density at radius 1 is 1.56 bits per heavy atom. The normalized spacial score (nSPS) is 26.4. The number of nitrogens with one attached hydrogen (secondary N) is 1. The number of nitrogens with two attached hydrogens (primary N) is 1. The van der Waals surface area contributed by atoms with Gasteiger partial charge in [-0.15, -0.1) is 0 Å². The highest BCUT2D eigenvalue weighted by molar-refractivity contribution is 7.80. The van der Waals surface area contributed by atoms with E-state index >= 15 is 0 Å². The van der Waals surface area contributed by atoms with Gasteiger partial charge in [0, 0.05) is 19.8 Å². The van der Waals surface area contributed by atoms with Crippen LogP contribution in [0.4, 0.5) is 0 Å². The van der Waals surface area contributed by atoms with Crippen molar-refractivity contribution in [3.63, 3.8) is 0 Å². The van der Waals surface area contributed by atoms with E-state index in [9.17, 15) is 4.79 Å². The maximum absolute atomic E-state index is 11.8. The second kappa shape index (κ2) is 4.67. The van der Waals surface area contributed by atoms with Crippen LogP contribution < -0.4 is 11.1 Å². The SMILES string of the molecule is NC(=S)C1(C(=O)NCCC2CCOC2)CC1. The zero-order valence-corrected chi connectivity index (χ0v) is 10.1. The van der Waals surface area contributed by atoms with Crippen molar-refractivity contribution in [1.29, 1.82) is 0 Å². The lowest BCUT2D eigenvalue weighted by molar-refractivity contribution is -0.124. The molecule has 5 heteroatoms. The lowest BCUT2D eigenvalue weighted by atomic mass is 10.0. The van der Waals surface area contributed by atoms with E-state index in [0.29, 0.717) is 17.5 Å². The van der Waals surface area contributed by atoms with Gasteiger partial charge in [-0.05, 0) is 31.6 Å². The fourth-order valence-electron chi connectivity index (χ4n) is 2.08. The molecule has 0 aromatic heterocycles. The van der Waals surface area contributed by atoms with Crippen LogP contribution in [0.1, 0.15) is 25.7 Å². The van der Waals surface area contributed by atoms with Gasteiger partial charge in [0.15, 0.2) is 0 Å². The van der Waals surface area contributed by atoms with Crippen molar-refractivity contribution < 1.29 is 9.53 Å². The van der Waals surface area contributed by atoms with Crippen molar-refractivity contribution in [2.24, 2.45) is 17.1 Å². The zero-order chi connectivity index (χ0) is 11.6. The van der Waals surface area contributed by atoms with Crippen molar-refractivity contribution in [3.05, 3.63) is 0 Å². The van der Waals surface area contributed by atoms with Crippen molar-refractivity contribution in [3.8, 4) is 0 Å². The van der Waals surface area contributed by atoms with E-state index < -0.39 is 5.41 Å². The van der Waals surface area contributed by atoms with E-state index in [1.165, 1.54) is 0 Å². The van der Waals surface area contributed by atoms with Crippen LogP contribution in [-0.4, -0.2) is 30.7 Å². The predicted molar refractivity (Wildman–Crippen MR) is 65.0 cm³/mol. The Kier molecular flexibility index (Phi) is 3.44. The molecule has 1 aliphatic heterocycles. The lowest BCUT2D eigenvalue weighted by Crippen LogP contribution is -2.40. The first kappa shape index (κ1) is 11.8. The molecule has 4 nitrogen and oxygen atoms in total. The van der Waals surface area contributed by atoms with Crippen LogP contribution in [0.15, 0.2) is 0 Å². The van der Waals surface area contributed by atoms with Crippen LogP contribution in [0.5, 0.6) is 0 Å². The number of rotatable bonds is 5. The standard InChI is InChI=1S/C11H18N2O2S/c12-9(16)11(3-4-11)10(14)13-5-1-8-2-6-15-7-8/h8H,1-7H2,(H2,12,16)(H,13,14). The van der Waals surface area contributed by atoms with E-state index in [0.717, 1.165) is 38.9 Å². The quantitative estimate of drug-likeness (QED) is 0.693. The molecule has 0 aromatic carbocycles. The highest BCUT2D eigenvalue weighted by Crippen LogP contribution is 2.46. The van der Waals surface area contributed by atoms with Crippen molar-refractivity contribution >= 4 is 23.1 Å². The molecule has 0 aromatic rings. The number of amides is 1. The van der Waals surface area contributed by atoms with Crippen LogP contribution in [0, 0.1) is 11.3 Å². The number of hydrogen-bond acceptors (Lipinski definition) is 3. The van der Waals surface area contributed by atoms with E-state index in [-0.39, 0.29) is 5.91 Å². The smallest absolute Gasteiger partial charge is 0.233 e. The maximum atomic E-state index is 11.8. The zero-order valence-electron chi connectivity index (χ0n) is 9.33. The molecule has 16 heavy (non-hydrogen) atoms. The summed E-state index contributed by atoms with van der Waals surface area (Å²) in [5.41, 5.74) is 5.07. The number of carbonyl (C=O) groups excluding carboxylic acids is 1. The van der Waals surface area contributed by atoms with Crippen LogP contribution >= 0.6 is 12.2 Å². The van der Waals surface area contributed by atoms with Gasteiger partial charge >= 0.3 is 0 Å². The van der Waals surface area contributed by atoms with Gasteiger partial charge < -0.3 is 15.8 Å². The number of thiocarbonyl (C=S) groups is 1. The summed E-state index contributed by atoms with van der Waals surface area (Å²) >= 11 is 4.93. The highest BCUT2D eigenvalue weighted by atomic mass is 32.1. The van der Waals surface area contributed by atoms with E-state index in [1.54, 1.807) is 0 Å². The van der Waals surface area contributed by atoms with Crippen LogP contribution in [-0.2, 0) is 9.53 Å². The molecule has 1 heterocycles. The molecule has 1 aliphatic carbocycles. The minimum Gasteiger partial charge on any atom is -0.392 e.